The quantitative estimate of drug-likeness (QED) is 0.716. The minimum atomic E-state index is 0.140. The van der Waals surface area contributed by atoms with E-state index in [1.54, 1.807) is 0 Å². The number of piperidine rings is 1. The average Bonchev–Trinajstić information content (AvgIpc) is 2.72. The van der Waals surface area contributed by atoms with Crippen LogP contribution in [0.5, 0.6) is 5.75 Å². The van der Waals surface area contributed by atoms with Crippen molar-refractivity contribution in [2.45, 2.75) is 52.3 Å². The minimum absolute atomic E-state index is 0.140. The van der Waals surface area contributed by atoms with Crippen molar-refractivity contribution in [2.75, 3.05) is 6.54 Å². The predicted molar refractivity (Wildman–Crippen MR) is 113 cm³/mol. The fourth-order valence-electron chi connectivity index (χ4n) is 4.22. The van der Waals surface area contributed by atoms with Crippen LogP contribution in [-0.2, 0) is 13.2 Å². The first-order chi connectivity index (χ1) is 13.6. The van der Waals surface area contributed by atoms with Crippen LogP contribution in [0.2, 0.25) is 0 Å². The number of H-pyrrole nitrogens is 1. The molecule has 0 saturated carbocycles. The molecule has 0 bridgehead atoms. The van der Waals surface area contributed by atoms with E-state index in [0.717, 1.165) is 46.6 Å². The molecule has 1 fully saturated rings. The van der Waals surface area contributed by atoms with Crippen LogP contribution in [0.1, 0.15) is 43.0 Å². The Labute approximate surface area is 166 Å². The minimum Gasteiger partial charge on any atom is -0.489 e. The van der Waals surface area contributed by atoms with Gasteiger partial charge >= 0.3 is 0 Å². The lowest BCUT2D eigenvalue weighted by Crippen LogP contribution is -3.15. The predicted octanol–water partition coefficient (Wildman–Crippen LogP) is 3.37. The van der Waals surface area contributed by atoms with Crippen molar-refractivity contribution < 1.29 is 9.64 Å². The summed E-state index contributed by atoms with van der Waals surface area (Å²) in [6.45, 7) is 6.77. The number of fused-ring (bicyclic) bond motifs is 1. The molecule has 3 aromatic rings. The second kappa shape index (κ2) is 8.19. The fraction of sp³-hybridized carbons (Fsp3) is 0.375. The van der Waals surface area contributed by atoms with E-state index in [2.05, 4.69) is 11.9 Å². The maximum Gasteiger partial charge on any atom is 0.198 e. The maximum atomic E-state index is 13.3. The number of benzene rings is 2. The first-order valence-electron chi connectivity index (χ1n) is 10.3. The topological polar surface area (TPSA) is 46.5 Å². The molecule has 4 heteroatoms. The number of quaternary nitrogens is 1. The lowest BCUT2D eigenvalue weighted by atomic mass is 10.0. The summed E-state index contributed by atoms with van der Waals surface area (Å²) in [4.78, 5) is 18.2. The van der Waals surface area contributed by atoms with E-state index in [1.807, 2.05) is 55.5 Å². The van der Waals surface area contributed by atoms with Crippen molar-refractivity contribution in [3.8, 4) is 5.75 Å². The summed E-state index contributed by atoms with van der Waals surface area (Å²) in [6, 6.07) is 16.5. The molecule has 1 aliphatic rings. The normalized spacial score (nSPS) is 19.6. The number of nitrogens with one attached hydrogen (secondary N) is 2. The second-order valence-electron chi connectivity index (χ2n) is 8.02. The summed E-state index contributed by atoms with van der Waals surface area (Å²) in [5.41, 5.74) is 4.03. The first kappa shape index (κ1) is 18.8. The summed E-state index contributed by atoms with van der Waals surface area (Å²) < 4.78 is 5.93. The summed E-state index contributed by atoms with van der Waals surface area (Å²) in [6.07, 6.45) is 3.80. The van der Waals surface area contributed by atoms with E-state index >= 15 is 0 Å². The summed E-state index contributed by atoms with van der Waals surface area (Å²) in [5.74, 6) is 0.732. The molecule has 1 aromatic heterocycles. The van der Waals surface area contributed by atoms with Gasteiger partial charge in [-0.1, -0.05) is 30.3 Å². The van der Waals surface area contributed by atoms with Gasteiger partial charge in [0.2, 0.25) is 0 Å². The second-order valence-corrected chi connectivity index (χ2v) is 8.02. The molecule has 146 valence electrons. The Balaban J connectivity index is 1.61. The zero-order valence-corrected chi connectivity index (χ0v) is 16.8. The molecular formula is C24H29N2O2+. The Hall–Kier alpha value is -2.59. The molecule has 2 aromatic carbocycles. The number of likely N-dealkylation sites (tertiary alicyclic amines) is 1. The molecule has 1 saturated heterocycles. The Morgan fingerprint density at radius 3 is 2.75 bits per heavy atom. The average molecular weight is 378 g/mol. The van der Waals surface area contributed by atoms with Gasteiger partial charge in [-0.2, -0.15) is 0 Å². The van der Waals surface area contributed by atoms with E-state index in [1.165, 1.54) is 24.2 Å². The van der Waals surface area contributed by atoms with Gasteiger partial charge < -0.3 is 14.6 Å². The van der Waals surface area contributed by atoms with Crippen LogP contribution in [-0.4, -0.2) is 17.6 Å². The Morgan fingerprint density at radius 1 is 1.14 bits per heavy atom. The Kier molecular flexibility index (Phi) is 5.49. The highest BCUT2D eigenvalue weighted by molar-refractivity contribution is 5.81. The number of aryl methyl sites for hydroxylation is 1. The summed E-state index contributed by atoms with van der Waals surface area (Å²) >= 11 is 0. The molecule has 28 heavy (non-hydrogen) atoms. The maximum absolute atomic E-state index is 13.3. The highest BCUT2D eigenvalue weighted by Crippen LogP contribution is 2.20. The number of pyridine rings is 1. The third kappa shape index (κ3) is 3.97. The zero-order chi connectivity index (χ0) is 19.5. The molecule has 1 aliphatic heterocycles. The molecule has 0 amide bonds. The van der Waals surface area contributed by atoms with Crippen LogP contribution < -0.4 is 15.1 Å². The molecule has 4 rings (SSSR count). The van der Waals surface area contributed by atoms with Gasteiger partial charge in [-0.15, -0.1) is 0 Å². The van der Waals surface area contributed by atoms with Gasteiger partial charge in [0, 0.05) is 16.6 Å². The number of hydrogen-bond donors (Lipinski definition) is 2. The van der Waals surface area contributed by atoms with E-state index in [0.29, 0.717) is 12.6 Å². The van der Waals surface area contributed by atoms with Crippen LogP contribution in [0, 0.1) is 6.92 Å². The summed E-state index contributed by atoms with van der Waals surface area (Å²) in [5, 5.41) is 0.718. The Bertz CT molecular complexity index is 1010. The van der Waals surface area contributed by atoms with Crippen LogP contribution in [0.4, 0.5) is 0 Å². The van der Waals surface area contributed by atoms with Crippen molar-refractivity contribution in [1.29, 1.82) is 0 Å². The van der Waals surface area contributed by atoms with Crippen LogP contribution in [0.15, 0.2) is 53.3 Å². The molecule has 0 aliphatic carbocycles. The molecule has 4 nitrogen and oxygen atoms in total. The molecular weight excluding hydrogens is 348 g/mol. The summed E-state index contributed by atoms with van der Waals surface area (Å²) in [7, 11) is 0. The standard InChI is InChI=1S/C24H28N2O2/c1-17-8-6-7-13-26(17)15-22-18(2)25-23-12-11-20(14-21(23)24(22)27)28-16-19-9-4-3-5-10-19/h3-5,9-12,14,17H,6-8,13,15-16H2,1-2H3,(H,25,27)/p+1/t17-/m1/s1. The lowest BCUT2D eigenvalue weighted by molar-refractivity contribution is -0.942. The van der Waals surface area contributed by atoms with Crippen LogP contribution in [0.3, 0.4) is 0 Å². The fourth-order valence-corrected chi connectivity index (χ4v) is 4.22. The third-order valence-corrected chi connectivity index (χ3v) is 6.02. The lowest BCUT2D eigenvalue weighted by Gasteiger charge is -2.30. The smallest absolute Gasteiger partial charge is 0.198 e. The molecule has 1 unspecified atom stereocenters. The highest BCUT2D eigenvalue weighted by atomic mass is 16.5. The van der Waals surface area contributed by atoms with E-state index in [4.69, 9.17) is 4.74 Å². The monoisotopic (exact) mass is 377 g/mol. The van der Waals surface area contributed by atoms with Gasteiger partial charge in [0.05, 0.1) is 18.2 Å². The van der Waals surface area contributed by atoms with Gasteiger partial charge in [-0.3, -0.25) is 4.79 Å². The molecule has 2 heterocycles. The molecule has 2 N–H and O–H groups in total. The third-order valence-electron chi connectivity index (χ3n) is 6.02. The largest absolute Gasteiger partial charge is 0.489 e. The van der Waals surface area contributed by atoms with Gasteiger partial charge in [-0.05, 0) is 56.9 Å². The van der Waals surface area contributed by atoms with Gasteiger partial charge in [0.1, 0.15) is 18.9 Å². The molecule has 0 radical (unpaired) electrons. The van der Waals surface area contributed by atoms with Gasteiger partial charge in [-0.25, -0.2) is 0 Å². The van der Waals surface area contributed by atoms with Gasteiger partial charge in [0.15, 0.2) is 5.43 Å². The van der Waals surface area contributed by atoms with Crippen molar-refractivity contribution >= 4 is 10.9 Å². The molecule has 2 atom stereocenters. The van der Waals surface area contributed by atoms with Crippen molar-refractivity contribution in [1.82, 2.24) is 4.98 Å². The van der Waals surface area contributed by atoms with Crippen molar-refractivity contribution in [3.63, 3.8) is 0 Å². The molecule has 0 spiro atoms. The number of rotatable bonds is 5. The van der Waals surface area contributed by atoms with E-state index < -0.39 is 0 Å². The van der Waals surface area contributed by atoms with E-state index in [9.17, 15) is 4.79 Å². The van der Waals surface area contributed by atoms with Crippen molar-refractivity contribution in [2.24, 2.45) is 0 Å². The van der Waals surface area contributed by atoms with Crippen molar-refractivity contribution in [3.05, 3.63) is 75.6 Å². The number of hydrogen-bond acceptors (Lipinski definition) is 2. The number of aromatic amines is 1. The Morgan fingerprint density at radius 2 is 1.96 bits per heavy atom. The van der Waals surface area contributed by atoms with Crippen LogP contribution in [0.25, 0.3) is 10.9 Å². The zero-order valence-electron chi connectivity index (χ0n) is 16.8. The van der Waals surface area contributed by atoms with Gasteiger partial charge in [0.25, 0.3) is 0 Å². The number of ether oxygens (including phenoxy) is 1. The highest BCUT2D eigenvalue weighted by Gasteiger charge is 2.24. The van der Waals surface area contributed by atoms with Crippen LogP contribution >= 0.6 is 0 Å². The number of aromatic nitrogens is 1. The first-order valence-corrected chi connectivity index (χ1v) is 10.3. The van der Waals surface area contributed by atoms with E-state index in [-0.39, 0.29) is 5.43 Å². The SMILES string of the molecule is Cc1[nH]c2ccc(OCc3ccccc3)cc2c(=O)c1C[NH+]1CCCC[C@H]1C.